The van der Waals surface area contributed by atoms with Gasteiger partial charge in [0, 0.05) is 13.0 Å². The smallest absolute Gasteiger partial charge is 0.303 e. The molecule has 1 aliphatic rings. The van der Waals surface area contributed by atoms with Crippen LogP contribution in [0.2, 0.25) is 0 Å². The van der Waals surface area contributed by atoms with Crippen molar-refractivity contribution in [2.75, 3.05) is 13.6 Å². The van der Waals surface area contributed by atoms with Crippen LogP contribution >= 0.6 is 0 Å². The van der Waals surface area contributed by atoms with Gasteiger partial charge in [0.25, 0.3) is 0 Å². The fourth-order valence-corrected chi connectivity index (χ4v) is 2.61. The molecule has 1 aromatic carbocycles. The van der Waals surface area contributed by atoms with E-state index in [0.29, 0.717) is 0 Å². The number of nitrogens with zero attached hydrogens (tertiary/aromatic N) is 1. The summed E-state index contributed by atoms with van der Waals surface area (Å²) in [5, 5.41) is 8.60. The normalized spacial score (nSPS) is 13.9. The minimum absolute atomic E-state index is 0.258. The molecule has 0 bridgehead atoms. The molecule has 0 amide bonds. The van der Waals surface area contributed by atoms with E-state index in [1.54, 1.807) is 0 Å². The Morgan fingerprint density at radius 2 is 2.11 bits per heavy atom. The molecule has 98 valence electrons. The van der Waals surface area contributed by atoms with E-state index >= 15 is 0 Å². The molecule has 0 aliphatic heterocycles. The molecule has 0 aromatic heterocycles. The van der Waals surface area contributed by atoms with Gasteiger partial charge in [-0.25, -0.2) is 0 Å². The van der Waals surface area contributed by atoms with E-state index in [-0.39, 0.29) is 6.42 Å². The average Bonchev–Trinajstić information content (AvgIpc) is 2.75. The number of rotatable bonds is 6. The summed E-state index contributed by atoms with van der Waals surface area (Å²) >= 11 is 0. The van der Waals surface area contributed by atoms with Crippen LogP contribution in [0.3, 0.4) is 0 Å². The van der Waals surface area contributed by atoms with Crippen LogP contribution in [0, 0.1) is 0 Å². The quantitative estimate of drug-likeness (QED) is 0.839. The zero-order valence-electron chi connectivity index (χ0n) is 11.0. The summed E-state index contributed by atoms with van der Waals surface area (Å²) in [6, 6.07) is 6.77. The van der Waals surface area contributed by atoms with Crippen molar-refractivity contribution in [1.82, 2.24) is 4.90 Å². The molecule has 0 saturated carbocycles. The fraction of sp³-hybridized carbons (Fsp3) is 0.533. The highest BCUT2D eigenvalue weighted by Crippen LogP contribution is 2.23. The van der Waals surface area contributed by atoms with E-state index < -0.39 is 5.97 Å². The number of carboxylic acid groups (broad SMARTS) is 1. The third kappa shape index (κ3) is 3.57. The van der Waals surface area contributed by atoms with Crippen molar-refractivity contribution in [2.45, 2.75) is 38.6 Å². The van der Waals surface area contributed by atoms with E-state index in [4.69, 9.17) is 5.11 Å². The summed E-state index contributed by atoms with van der Waals surface area (Å²) in [5.41, 5.74) is 4.35. The van der Waals surface area contributed by atoms with Gasteiger partial charge in [-0.1, -0.05) is 18.2 Å². The van der Waals surface area contributed by atoms with Gasteiger partial charge in [0.1, 0.15) is 0 Å². The molecule has 0 fully saturated rings. The van der Waals surface area contributed by atoms with Crippen molar-refractivity contribution in [3.8, 4) is 0 Å². The molecule has 0 atom stereocenters. The van der Waals surface area contributed by atoms with Crippen molar-refractivity contribution in [3.05, 3.63) is 34.9 Å². The number of benzene rings is 1. The van der Waals surface area contributed by atoms with Crippen molar-refractivity contribution < 1.29 is 9.90 Å². The second-order valence-electron chi connectivity index (χ2n) is 5.19. The number of aryl methyl sites for hydroxylation is 2. The van der Waals surface area contributed by atoms with Gasteiger partial charge in [0.15, 0.2) is 0 Å². The summed E-state index contributed by atoms with van der Waals surface area (Å²) in [7, 11) is 2.05. The number of hydrogen-bond acceptors (Lipinski definition) is 2. The highest BCUT2D eigenvalue weighted by atomic mass is 16.4. The first kappa shape index (κ1) is 13.1. The molecule has 3 nitrogen and oxygen atoms in total. The molecule has 3 heteroatoms. The van der Waals surface area contributed by atoms with Crippen LogP contribution in [-0.2, 0) is 24.2 Å². The van der Waals surface area contributed by atoms with Crippen LogP contribution in [0.4, 0.5) is 0 Å². The minimum atomic E-state index is -0.707. The van der Waals surface area contributed by atoms with Gasteiger partial charge in [-0.05, 0) is 56.0 Å². The Morgan fingerprint density at radius 3 is 2.89 bits per heavy atom. The lowest BCUT2D eigenvalue weighted by Crippen LogP contribution is -2.19. The topological polar surface area (TPSA) is 40.5 Å². The largest absolute Gasteiger partial charge is 0.481 e. The van der Waals surface area contributed by atoms with Crippen molar-refractivity contribution in [3.63, 3.8) is 0 Å². The Hall–Kier alpha value is -1.35. The monoisotopic (exact) mass is 247 g/mol. The Labute approximate surface area is 108 Å². The summed E-state index contributed by atoms with van der Waals surface area (Å²) in [5.74, 6) is -0.707. The standard InChI is InChI=1S/C15H21NO2/c1-16(9-3-6-15(17)18)11-12-7-8-13-4-2-5-14(13)10-12/h7-8,10H,2-6,9,11H2,1H3,(H,17,18). The van der Waals surface area contributed by atoms with Gasteiger partial charge in [0.2, 0.25) is 0 Å². The van der Waals surface area contributed by atoms with E-state index in [1.165, 1.54) is 36.0 Å². The fourth-order valence-electron chi connectivity index (χ4n) is 2.61. The van der Waals surface area contributed by atoms with E-state index in [2.05, 4.69) is 30.1 Å². The number of carbonyl (C=O) groups is 1. The molecule has 0 saturated heterocycles. The van der Waals surface area contributed by atoms with Gasteiger partial charge < -0.3 is 10.0 Å². The van der Waals surface area contributed by atoms with E-state index in [1.807, 2.05) is 0 Å². The maximum atomic E-state index is 10.4. The molecule has 0 heterocycles. The van der Waals surface area contributed by atoms with Crippen LogP contribution in [0.25, 0.3) is 0 Å². The SMILES string of the molecule is CN(CCCC(=O)O)Cc1ccc2c(c1)CCC2. The predicted molar refractivity (Wildman–Crippen MR) is 71.7 cm³/mol. The second-order valence-corrected chi connectivity index (χ2v) is 5.19. The molecule has 1 aliphatic carbocycles. The lowest BCUT2D eigenvalue weighted by Gasteiger charge is -2.16. The highest BCUT2D eigenvalue weighted by molar-refractivity contribution is 5.66. The first-order valence-corrected chi connectivity index (χ1v) is 6.66. The number of aliphatic carboxylic acids is 1. The maximum absolute atomic E-state index is 10.4. The van der Waals surface area contributed by atoms with Crippen LogP contribution in [0.5, 0.6) is 0 Å². The van der Waals surface area contributed by atoms with Crippen LogP contribution < -0.4 is 0 Å². The first-order chi connectivity index (χ1) is 8.65. The average molecular weight is 247 g/mol. The number of carboxylic acids is 1. The third-order valence-electron chi connectivity index (χ3n) is 3.55. The lowest BCUT2D eigenvalue weighted by atomic mass is 10.1. The van der Waals surface area contributed by atoms with Gasteiger partial charge in [-0.15, -0.1) is 0 Å². The summed E-state index contributed by atoms with van der Waals surface area (Å²) < 4.78 is 0. The molecule has 2 rings (SSSR count). The summed E-state index contributed by atoms with van der Waals surface area (Å²) in [6.07, 6.45) is 4.70. The molecule has 0 radical (unpaired) electrons. The zero-order chi connectivity index (χ0) is 13.0. The Bertz CT molecular complexity index is 429. The lowest BCUT2D eigenvalue weighted by molar-refractivity contribution is -0.137. The first-order valence-electron chi connectivity index (χ1n) is 6.66. The van der Waals surface area contributed by atoms with Gasteiger partial charge in [-0.3, -0.25) is 4.79 Å². The van der Waals surface area contributed by atoms with Crippen LogP contribution in [-0.4, -0.2) is 29.6 Å². The van der Waals surface area contributed by atoms with Gasteiger partial charge >= 0.3 is 5.97 Å². The highest BCUT2D eigenvalue weighted by Gasteiger charge is 2.11. The van der Waals surface area contributed by atoms with Crippen molar-refractivity contribution in [1.29, 1.82) is 0 Å². The Kier molecular flexibility index (Phi) is 4.37. The second kappa shape index (κ2) is 6.01. The Morgan fingerprint density at radius 1 is 1.33 bits per heavy atom. The molecule has 1 N–H and O–H groups in total. The van der Waals surface area contributed by atoms with E-state index in [0.717, 1.165) is 19.5 Å². The molecule has 0 unspecified atom stereocenters. The molecule has 1 aromatic rings. The number of fused-ring (bicyclic) bond motifs is 1. The van der Waals surface area contributed by atoms with Crippen molar-refractivity contribution >= 4 is 5.97 Å². The summed E-state index contributed by atoms with van der Waals surface area (Å²) in [4.78, 5) is 12.6. The Balaban J connectivity index is 1.83. The van der Waals surface area contributed by atoms with Crippen LogP contribution in [0.15, 0.2) is 18.2 Å². The molecule has 18 heavy (non-hydrogen) atoms. The summed E-state index contributed by atoms with van der Waals surface area (Å²) in [6.45, 7) is 1.75. The van der Waals surface area contributed by atoms with Gasteiger partial charge in [0.05, 0.1) is 0 Å². The molecule has 0 spiro atoms. The molecular weight excluding hydrogens is 226 g/mol. The van der Waals surface area contributed by atoms with Gasteiger partial charge in [-0.2, -0.15) is 0 Å². The minimum Gasteiger partial charge on any atom is -0.481 e. The predicted octanol–water partition coefficient (Wildman–Crippen LogP) is 2.47. The van der Waals surface area contributed by atoms with E-state index in [9.17, 15) is 4.79 Å². The molecular formula is C15H21NO2. The maximum Gasteiger partial charge on any atom is 0.303 e. The van der Waals surface area contributed by atoms with Crippen LogP contribution in [0.1, 0.15) is 36.0 Å². The number of hydrogen-bond donors (Lipinski definition) is 1. The van der Waals surface area contributed by atoms with Crippen molar-refractivity contribution in [2.24, 2.45) is 0 Å². The third-order valence-corrected chi connectivity index (χ3v) is 3.55. The zero-order valence-corrected chi connectivity index (χ0v) is 11.0.